The van der Waals surface area contributed by atoms with Crippen LogP contribution in [-0.4, -0.2) is 24.6 Å². The summed E-state index contributed by atoms with van der Waals surface area (Å²) in [5, 5.41) is 0. The molecular weight excluding hydrogens is 332 g/mol. The van der Waals surface area contributed by atoms with Gasteiger partial charge in [0, 0.05) is 21.1 Å². The molecule has 5 heteroatoms. The average Bonchev–Trinajstić information content (AvgIpc) is 1.86. The van der Waals surface area contributed by atoms with Crippen LogP contribution >= 0.6 is 0 Å². The Balaban J connectivity index is 0. The summed E-state index contributed by atoms with van der Waals surface area (Å²) < 4.78 is 9.00. The molecule has 0 fully saturated rings. The van der Waals surface area contributed by atoms with Gasteiger partial charge in [0.05, 0.1) is 6.61 Å². The molecule has 0 radical (unpaired) electrons. The molecule has 0 saturated carbocycles. The maximum Gasteiger partial charge on any atom is 0.347 e. The molecule has 0 aromatic rings. The van der Waals surface area contributed by atoms with Crippen LogP contribution in [0, 0.1) is 6.92 Å². The van der Waals surface area contributed by atoms with Gasteiger partial charge in [-0.15, -0.1) is 0 Å². The third-order valence-corrected chi connectivity index (χ3v) is 0.927. The number of hydrogen-bond donors (Lipinski definition) is 0. The molecule has 12 heavy (non-hydrogen) atoms. The summed E-state index contributed by atoms with van der Waals surface area (Å²) in [5.41, 5.74) is 0. The van der Waals surface area contributed by atoms with Crippen molar-refractivity contribution in [2.24, 2.45) is 0 Å². The van der Waals surface area contributed by atoms with Crippen LogP contribution in [0.3, 0.4) is 0 Å². The van der Waals surface area contributed by atoms with Crippen LogP contribution in [0.15, 0.2) is 0 Å². The molecular formula is C7H11O4W-. The van der Waals surface area contributed by atoms with Gasteiger partial charge in [-0.05, 0) is 13.8 Å². The largest absolute Gasteiger partial charge is 0.474 e. The molecule has 0 aromatic heterocycles. The van der Waals surface area contributed by atoms with Crippen molar-refractivity contribution in [3.05, 3.63) is 6.92 Å². The summed E-state index contributed by atoms with van der Waals surface area (Å²) in [6.45, 7) is 6.34. The minimum Gasteiger partial charge on any atom is -0.474 e. The Hall–Kier alpha value is -0.502. The first kappa shape index (κ1) is 14.0. The predicted molar refractivity (Wildman–Crippen MR) is 37.5 cm³/mol. The van der Waals surface area contributed by atoms with Crippen LogP contribution in [0.4, 0.5) is 0 Å². The normalized spacial score (nSPS) is 10.8. The van der Waals surface area contributed by atoms with Gasteiger partial charge in [-0.2, -0.15) is 0 Å². The number of esters is 2. The van der Waals surface area contributed by atoms with Crippen molar-refractivity contribution in [3.8, 4) is 0 Å². The molecule has 0 aliphatic carbocycles. The van der Waals surface area contributed by atoms with Gasteiger partial charge in [0.15, 0.2) is 12.1 Å². The Bertz CT molecular complexity index is 157. The molecule has 0 bridgehead atoms. The second kappa shape index (κ2) is 7.16. The second-order valence-corrected chi connectivity index (χ2v) is 1.88. The zero-order valence-electron chi connectivity index (χ0n) is 7.03. The van der Waals surface area contributed by atoms with E-state index in [1.807, 2.05) is 0 Å². The van der Waals surface area contributed by atoms with Crippen molar-refractivity contribution < 1.29 is 40.1 Å². The number of rotatable bonds is 3. The van der Waals surface area contributed by atoms with E-state index in [-0.39, 0.29) is 27.7 Å². The van der Waals surface area contributed by atoms with Gasteiger partial charge in [0.25, 0.3) is 0 Å². The molecule has 4 nitrogen and oxygen atoms in total. The van der Waals surface area contributed by atoms with Crippen molar-refractivity contribution in [1.29, 1.82) is 0 Å². The van der Waals surface area contributed by atoms with E-state index in [1.54, 1.807) is 6.92 Å². The molecule has 0 saturated heterocycles. The summed E-state index contributed by atoms with van der Waals surface area (Å²) in [7, 11) is 0. The van der Waals surface area contributed by atoms with Crippen LogP contribution in [-0.2, 0) is 40.1 Å². The van der Waals surface area contributed by atoms with Crippen LogP contribution in [0.5, 0.6) is 0 Å². The summed E-state index contributed by atoms with van der Waals surface area (Å²) in [5.74, 6) is -1.28. The number of carbonyl (C=O) groups excluding carboxylic acids is 2. The Labute approximate surface area is 85.9 Å². The molecule has 0 N–H and O–H groups in total. The molecule has 0 rings (SSSR count). The maximum absolute atomic E-state index is 10.8. The van der Waals surface area contributed by atoms with Crippen LogP contribution in [0.2, 0.25) is 0 Å². The molecule has 0 spiro atoms. The van der Waals surface area contributed by atoms with Gasteiger partial charge in [0.1, 0.15) is 0 Å². The average molecular weight is 343 g/mol. The summed E-state index contributed by atoms with van der Waals surface area (Å²) in [4.78, 5) is 21.0. The Morgan fingerprint density at radius 1 is 1.50 bits per heavy atom. The summed E-state index contributed by atoms with van der Waals surface area (Å²) in [6, 6.07) is 0. The standard InChI is InChI=1S/C7H11O4.W/c1-4-10-7(9)5(2)11-6(3)8;/h5H,3-4H2,1-2H3;/q-1;. The zero-order valence-corrected chi connectivity index (χ0v) is 9.97. The molecule has 0 heterocycles. The van der Waals surface area contributed by atoms with E-state index in [0.717, 1.165) is 0 Å². The molecule has 1 atom stereocenters. The van der Waals surface area contributed by atoms with Crippen LogP contribution in [0.25, 0.3) is 0 Å². The molecule has 70 valence electrons. The number of carbonyl (C=O) groups is 2. The van der Waals surface area contributed by atoms with Crippen molar-refractivity contribution >= 4 is 11.9 Å². The molecule has 0 aliphatic rings. The third kappa shape index (κ3) is 6.22. The predicted octanol–water partition coefficient (Wildman–Crippen LogP) is 0.313. The van der Waals surface area contributed by atoms with Crippen LogP contribution < -0.4 is 0 Å². The van der Waals surface area contributed by atoms with E-state index in [2.05, 4.69) is 16.4 Å². The van der Waals surface area contributed by atoms with Crippen molar-refractivity contribution in [1.82, 2.24) is 0 Å². The van der Waals surface area contributed by atoms with E-state index >= 15 is 0 Å². The molecule has 0 aromatic carbocycles. The first-order valence-corrected chi connectivity index (χ1v) is 3.27. The van der Waals surface area contributed by atoms with Crippen LogP contribution in [0.1, 0.15) is 13.8 Å². The van der Waals surface area contributed by atoms with E-state index in [4.69, 9.17) is 0 Å². The fourth-order valence-corrected chi connectivity index (χ4v) is 0.505. The van der Waals surface area contributed by atoms with Gasteiger partial charge < -0.3 is 9.47 Å². The fourth-order valence-electron chi connectivity index (χ4n) is 0.505. The van der Waals surface area contributed by atoms with Gasteiger partial charge in [0.2, 0.25) is 0 Å². The second-order valence-electron chi connectivity index (χ2n) is 1.88. The van der Waals surface area contributed by atoms with Gasteiger partial charge in [-0.3, -0.25) is 11.7 Å². The smallest absolute Gasteiger partial charge is 0.347 e. The topological polar surface area (TPSA) is 52.6 Å². The quantitative estimate of drug-likeness (QED) is 0.547. The summed E-state index contributed by atoms with van der Waals surface area (Å²) in [6.07, 6.45) is -0.861. The first-order chi connectivity index (χ1) is 5.07. The minimum atomic E-state index is -0.861. The van der Waals surface area contributed by atoms with Gasteiger partial charge in [-0.1, -0.05) is 0 Å². The van der Waals surface area contributed by atoms with Crippen molar-refractivity contribution in [3.63, 3.8) is 0 Å². The van der Waals surface area contributed by atoms with Crippen molar-refractivity contribution in [2.45, 2.75) is 20.0 Å². The van der Waals surface area contributed by atoms with E-state index in [1.165, 1.54) is 6.92 Å². The third-order valence-electron chi connectivity index (χ3n) is 0.927. The summed E-state index contributed by atoms with van der Waals surface area (Å²) >= 11 is 0. The number of hydrogen-bond acceptors (Lipinski definition) is 4. The Morgan fingerprint density at radius 3 is 2.33 bits per heavy atom. The number of ether oxygens (including phenoxy) is 2. The van der Waals surface area contributed by atoms with Gasteiger partial charge >= 0.3 is 5.97 Å². The first-order valence-electron chi connectivity index (χ1n) is 3.27. The minimum absolute atomic E-state index is 0. The van der Waals surface area contributed by atoms with Gasteiger partial charge in [-0.25, -0.2) is 4.79 Å². The molecule has 0 aliphatic heterocycles. The Morgan fingerprint density at radius 2 is 2.00 bits per heavy atom. The zero-order chi connectivity index (χ0) is 8.85. The van der Waals surface area contributed by atoms with E-state index < -0.39 is 18.0 Å². The van der Waals surface area contributed by atoms with Crippen molar-refractivity contribution in [2.75, 3.05) is 6.61 Å². The maximum atomic E-state index is 10.8. The monoisotopic (exact) mass is 343 g/mol. The van der Waals surface area contributed by atoms with E-state index in [0.29, 0.717) is 0 Å². The molecule has 1 unspecified atom stereocenters. The fraction of sp³-hybridized carbons (Fsp3) is 0.571. The van der Waals surface area contributed by atoms with E-state index in [9.17, 15) is 9.59 Å². The SMILES string of the molecule is [CH2-]C(=O)OC(C)C(=O)OCC.[W]. The molecule has 0 amide bonds. The Kier molecular flexibility index (Phi) is 8.39.